The number of para-hydroxylation sites is 1. The summed E-state index contributed by atoms with van der Waals surface area (Å²) in [6, 6.07) is 33.4. The first-order valence-electron chi connectivity index (χ1n) is 11.6. The number of nitrogens with zero attached hydrogens (tertiary/aromatic N) is 1. The molecule has 1 nitrogen and oxygen atoms in total. The third kappa shape index (κ3) is 2.98. The summed E-state index contributed by atoms with van der Waals surface area (Å²) in [5.74, 6) is 0. The van der Waals surface area contributed by atoms with Crippen molar-refractivity contribution in [3.05, 3.63) is 119 Å². The predicted octanol–water partition coefficient (Wildman–Crippen LogP) is 8.55. The molecule has 0 spiro atoms. The molecule has 4 aromatic carbocycles. The van der Waals surface area contributed by atoms with Gasteiger partial charge in [-0.1, -0.05) is 78.9 Å². The van der Waals surface area contributed by atoms with Crippen LogP contribution in [0.15, 0.2) is 97.1 Å². The fraction of sp³-hybridized carbons (Fsp3) is 0.0968. The lowest BCUT2D eigenvalue weighted by Crippen LogP contribution is -1.95. The summed E-state index contributed by atoms with van der Waals surface area (Å²) in [7, 11) is 0. The number of aryl methyl sites for hydroxylation is 1. The Kier molecular flexibility index (Phi) is 4.28. The number of aromatic nitrogens is 1. The standard InChI is InChI=1S/C31H23NS/c1-2-8-21(9-3-1)20-22-14-16-23(17-15-22)32-28-12-6-4-10-24(28)26-18-19-27-25-11-5-7-13-29(25)33-31(27)30(26)32/h1-4,6-10,12-19H,5,11,20H2. The van der Waals surface area contributed by atoms with Crippen LogP contribution < -0.4 is 0 Å². The summed E-state index contributed by atoms with van der Waals surface area (Å²) in [6.07, 6.45) is 7.88. The van der Waals surface area contributed by atoms with Crippen LogP contribution in [0.4, 0.5) is 0 Å². The molecule has 0 N–H and O–H groups in total. The molecule has 158 valence electrons. The molecule has 2 heteroatoms. The zero-order valence-electron chi connectivity index (χ0n) is 18.3. The topological polar surface area (TPSA) is 4.93 Å². The number of hydrogen-bond acceptors (Lipinski definition) is 1. The molecule has 0 saturated heterocycles. The summed E-state index contributed by atoms with van der Waals surface area (Å²) in [6.45, 7) is 0. The predicted molar refractivity (Wildman–Crippen MR) is 143 cm³/mol. The van der Waals surface area contributed by atoms with Gasteiger partial charge in [0.2, 0.25) is 0 Å². The van der Waals surface area contributed by atoms with Crippen molar-refractivity contribution in [2.75, 3.05) is 0 Å². The third-order valence-corrected chi connectivity index (χ3v) is 8.12. The monoisotopic (exact) mass is 441 g/mol. The molecule has 6 aromatic rings. The molecule has 0 aliphatic heterocycles. The molecule has 1 aliphatic carbocycles. The Labute approximate surface area is 197 Å². The highest BCUT2D eigenvalue weighted by Crippen LogP contribution is 2.43. The van der Waals surface area contributed by atoms with E-state index in [2.05, 4.69) is 108 Å². The van der Waals surface area contributed by atoms with Crippen molar-refractivity contribution >= 4 is 49.3 Å². The Hall–Kier alpha value is -3.62. The maximum Gasteiger partial charge on any atom is 0.0719 e. The van der Waals surface area contributed by atoms with Crippen molar-refractivity contribution in [2.24, 2.45) is 0 Å². The second-order valence-corrected chi connectivity index (χ2v) is 9.96. The second-order valence-electron chi connectivity index (χ2n) is 8.91. The Morgan fingerprint density at radius 2 is 1.45 bits per heavy atom. The van der Waals surface area contributed by atoms with Crippen molar-refractivity contribution < 1.29 is 0 Å². The van der Waals surface area contributed by atoms with Crippen LogP contribution in [0.1, 0.15) is 28.0 Å². The molecular formula is C31H23NS. The molecule has 2 heterocycles. The van der Waals surface area contributed by atoms with Crippen LogP contribution in [0.5, 0.6) is 0 Å². The average molecular weight is 442 g/mol. The smallest absolute Gasteiger partial charge is 0.0719 e. The van der Waals surface area contributed by atoms with E-state index in [4.69, 9.17) is 0 Å². The minimum absolute atomic E-state index is 0.961. The zero-order chi connectivity index (χ0) is 21.8. The van der Waals surface area contributed by atoms with Gasteiger partial charge in [0, 0.05) is 21.3 Å². The molecule has 0 atom stereocenters. The normalized spacial score (nSPS) is 13.2. The summed E-state index contributed by atoms with van der Waals surface area (Å²) in [5, 5.41) is 4.09. The lowest BCUT2D eigenvalue weighted by atomic mass is 10.0. The van der Waals surface area contributed by atoms with Crippen LogP contribution in [-0.2, 0) is 12.8 Å². The van der Waals surface area contributed by atoms with Crippen LogP contribution in [0.3, 0.4) is 0 Å². The van der Waals surface area contributed by atoms with E-state index in [0.29, 0.717) is 0 Å². The lowest BCUT2D eigenvalue weighted by molar-refractivity contribution is 1.01. The van der Waals surface area contributed by atoms with Gasteiger partial charge in [0.15, 0.2) is 0 Å². The van der Waals surface area contributed by atoms with E-state index in [1.807, 2.05) is 11.3 Å². The lowest BCUT2D eigenvalue weighted by Gasteiger charge is -2.10. The van der Waals surface area contributed by atoms with Gasteiger partial charge >= 0.3 is 0 Å². The maximum atomic E-state index is 2.48. The van der Waals surface area contributed by atoms with Gasteiger partial charge in [-0.15, -0.1) is 11.3 Å². The molecule has 2 aromatic heterocycles. The van der Waals surface area contributed by atoms with E-state index in [9.17, 15) is 0 Å². The van der Waals surface area contributed by atoms with Crippen molar-refractivity contribution in [2.45, 2.75) is 19.3 Å². The van der Waals surface area contributed by atoms with Gasteiger partial charge < -0.3 is 4.57 Å². The highest BCUT2D eigenvalue weighted by Gasteiger charge is 2.20. The molecule has 0 saturated carbocycles. The average Bonchev–Trinajstić information content (AvgIpc) is 3.41. The van der Waals surface area contributed by atoms with Crippen LogP contribution >= 0.6 is 11.3 Å². The van der Waals surface area contributed by atoms with Gasteiger partial charge in [-0.05, 0) is 65.6 Å². The fourth-order valence-electron chi connectivity index (χ4n) is 5.35. The quantitative estimate of drug-likeness (QED) is 0.259. The fourth-order valence-corrected chi connectivity index (χ4v) is 6.66. The van der Waals surface area contributed by atoms with E-state index in [0.717, 1.165) is 19.3 Å². The van der Waals surface area contributed by atoms with Crippen molar-refractivity contribution in [1.82, 2.24) is 4.57 Å². The Morgan fingerprint density at radius 3 is 2.33 bits per heavy atom. The van der Waals surface area contributed by atoms with Gasteiger partial charge in [0.1, 0.15) is 0 Å². The van der Waals surface area contributed by atoms with Crippen LogP contribution in [0.25, 0.3) is 43.7 Å². The number of thiophene rings is 1. The molecule has 7 rings (SSSR count). The SMILES string of the molecule is C1=Cc2sc3c(ccc4c5ccccc5n(-c5ccc(Cc6ccccc6)cc5)c43)c2CC1. The van der Waals surface area contributed by atoms with Crippen molar-refractivity contribution in [1.29, 1.82) is 0 Å². The Balaban J connectivity index is 1.46. The minimum Gasteiger partial charge on any atom is -0.308 e. The molecule has 33 heavy (non-hydrogen) atoms. The minimum atomic E-state index is 0.961. The van der Waals surface area contributed by atoms with E-state index in [1.54, 1.807) is 0 Å². The van der Waals surface area contributed by atoms with E-state index in [-0.39, 0.29) is 0 Å². The van der Waals surface area contributed by atoms with Crippen LogP contribution in [-0.4, -0.2) is 4.57 Å². The molecule has 0 unspecified atom stereocenters. The van der Waals surface area contributed by atoms with Gasteiger partial charge in [-0.3, -0.25) is 0 Å². The summed E-state index contributed by atoms with van der Waals surface area (Å²) < 4.78 is 3.89. The second kappa shape index (κ2) is 7.47. The molecular weight excluding hydrogens is 418 g/mol. The summed E-state index contributed by atoms with van der Waals surface area (Å²) in [5.41, 5.74) is 8.06. The molecule has 0 radical (unpaired) electrons. The van der Waals surface area contributed by atoms with Gasteiger partial charge in [0.25, 0.3) is 0 Å². The van der Waals surface area contributed by atoms with Gasteiger partial charge in [-0.2, -0.15) is 0 Å². The van der Waals surface area contributed by atoms with Crippen LogP contribution in [0.2, 0.25) is 0 Å². The highest BCUT2D eigenvalue weighted by molar-refractivity contribution is 7.21. The number of fused-ring (bicyclic) bond motifs is 7. The highest BCUT2D eigenvalue weighted by atomic mass is 32.1. The summed E-state index contributed by atoms with van der Waals surface area (Å²) >= 11 is 1.95. The first-order chi connectivity index (χ1) is 16.4. The van der Waals surface area contributed by atoms with Gasteiger partial charge in [0.05, 0.1) is 15.7 Å². The summed E-state index contributed by atoms with van der Waals surface area (Å²) in [4.78, 5) is 1.43. The van der Waals surface area contributed by atoms with E-state index < -0.39 is 0 Å². The zero-order valence-corrected chi connectivity index (χ0v) is 19.1. The largest absolute Gasteiger partial charge is 0.308 e. The first-order valence-corrected chi connectivity index (χ1v) is 12.5. The molecule has 1 aliphatic rings. The van der Waals surface area contributed by atoms with Gasteiger partial charge in [-0.25, -0.2) is 0 Å². The van der Waals surface area contributed by atoms with Crippen molar-refractivity contribution in [3.63, 3.8) is 0 Å². The third-order valence-electron chi connectivity index (χ3n) is 6.90. The first kappa shape index (κ1) is 18.9. The van der Waals surface area contributed by atoms with E-state index >= 15 is 0 Å². The molecule has 0 amide bonds. The van der Waals surface area contributed by atoms with Crippen molar-refractivity contribution in [3.8, 4) is 5.69 Å². The number of benzene rings is 4. The van der Waals surface area contributed by atoms with Crippen LogP contribution in [0, 0.1) is 0 Å². The molecule has 0 fully saturated rings. The maximum absolute atomic E-state index is 2.48. The number of rotatable bonds is 3. The Morgan fingerprint density at radius 1 is 0.697 bits per heavy atom. The molecule has 0 bridgehead atoms. The number of hydrogen-bond donors (Lipinski definition) is 0. The van der Waals surface area contributed by atoms with E-state index in [1.165, 1.54) is 59.1 Å². The number of allylic oxidation sites excluding steroid dienone is 1. The Bertz CT molecular complexity index is 1660.